The maximum Gasteiger partial charge on any atom is 0.122 e. The maximum atomic E-state index is 5.52. The van der Waals surface area contributed by atoms with E-state index in [9.17, 15) is 0 Å². The molecule has 0 amide bonds. The van der Waals surface area contributed by atoms with Gasteiger partial charge < -0.3 is 15.4 Å². The second kappa shape index (κ2) is 7.34. The molecule has 0 saturated carbocycles. The highest BCUT2D eigenvalue weighted by Crippen LogP contribution is 2.20. The van der Waals surface area contributed by atoms with Gasteiger partial charge in [0.1, 0.15) is 5.75 Å². The standard InChI is InChI=1S/C14H22N2OS/c1-11(16(2)9-8-14(15)18)10-12-6-4-5-7-13(12)17-3/h4-7,11H,8-10H2,1-3H3,(H2,15,18). The molecule has 0 fully saturated rings. The van der Waals surface area contributed by atoms with Crippen molar-refractivity contribution in [2.24, 2.45) is 5.73 Å². The number of nitrogens with two attached hydrogens (primary N) is 1. The molecule has 1 rings (SSSR count). The molecule has 0 aliphatic carbocycles. The maximum absolute atomic E-state index is 5.52. The number of ether oxygens (including phenoxy) is 1. The molecule has 1 atom stereocenters. The first kappa shape index (κ1) is 14.9. The van der Waals surface area contributed by atoms with Gasteiger partial charge in [-0.3, -0.25) is 0 Å². The molecule has 0 spiro atoms. The molecule has 1 aromatic carbocycles. The van der Waals surface area contributed by atoms with Crippen LogP contribution in [0, 0.1) is 0 Å². The largest absolute Gasteiger partial charge is 0.496 e. The van der Waals surface area contributed by atoms with Crippen molar-refractivity contribution in [1.82, 2.24) is 4.90 Å². The summed E-state index contributed by atoms with van der Waals surface area (Å²) in [7, 11) is 3.80. The lowest BCUT2D eigenvalue weighted by Crippen LogP contribution is -2.33. The predicted molar refractivity (Wildman–Crippen MR) is 80.2 cm³/mol. The Balaban J connectivity index is 2.57. The number of thiocarbonyl (C=S) groups is 1. The van der Waals surface area contributed by atoms with Gasteiger partial charge in [-0.2, -0.15) is 0 Å². The molecule has 1 unspecified atom stereocenters. The van der Waals surface area contributed by atoms with Crippen molar-refractivity contribution in [3.8, 4) is 5.75 Å². The first-order valence-corrected chi connectivity index (χ1v) is 6.56. The topological polar surface area (TPSA) is 38.5 Å². The Morgan fingerprint density at radius 1 is 1.44 bits per heavy atom. The van der Waals surface area contributed by atoms with Gasteiger partial charge in [0, 0.05) is 19.0 Å². The van der Waals surface area contributed by atoms with Gasteiger partial charge in [-0.05, 0) is 32.0 Å². The molecule has 2 N–H and O–H groups in total. The average molecular weight is 266 g/mol. The molecule has 3 nitrogen and oxygen atoms in total. The summed E-state index contributed by atoms with van der Waals surface area (Å²) in [5.74, 6) is 0.951. The molecule has 18 heavy (non-hydrogen) atoms. The number of hydrogen-bond acceptors (Lipinski definition) is 3. The quantitative estimate of drug-likeness (QED) is 0.768. The summed E-state index contributed by atoms with van der Waals surface area (Å²) in [4.78, 5) is 2.84. The normalized spacial score (nSPS) is 12.4. The fraction of sp³-hybridized carbons (Fsp3) is 0.500. The first-order valence-electron chi connectivity index (χ1n) is 6.15. The number of benzene rings is 1. The Kier molecular flexibility index (Phi) is 6.09. The lowest BCUT2D eigenvalue weighted by Gasteiger charge is -2.25. The van der Waals surface area contributed by atoms with Gasteiger partial charge in [0.25, 0.3) is 0 Å². The molecular formula is C14H22N2OS. The molecular weight excluding hydrogens is 244 g/mol. The highest BCUT2D eigenvalue weighted by atomic mass is 32.1. The van der Waals surface area contributed by atoms with Gasteiger partial charge in [0.2, 0.25) is 0 Å². The van der Waals surface area contributed by atoms with Crippen LogP contribution in [0.4, 0.5) is 0 Å². The number of hydrogen-bond donors (Lipinski definition) is 1. The van der Waals surface area contributed by atoms with E-state index in [1.165, 1.54) is 5.56 Å². The van der Waals surface area contributed by atoms with Crippen LogP contribution in [-0.4, -0.2) is 36.6 Å². The second-order valence-electron chi connectivity index (χ2n) is 4.56. The summed E-state index contributed by atoms with van der Waals surface area (Å²) in [5.41, 5.74) is 6.76. The third-order valence-electron chi connectivity index (χ3n) is 3.17. The summed E-state index contributed by atoms with van der Waals surface area (Å²) in [6.45, 7) is 3.09. The van der Waals surface area contributed by atoms with Gasteiger partial charge in [-0.25, -0.2) is 0 Å². The molecule has 0 aromatic heterocycles. The van der Waals surface area contributed by atoms with Gasteiger partial charge in [-0.1, -0.05) is 30.4 Å². The van der Waals surface area contributed by atoms with E-state index in [0.717, 1.165) is 25.1 Å². The van der Waals surface area contributed by atoms with E-state index < -0.39 is 0 Å². The van der Waals surface area contributed by atoms with E-state index in [1.54, 1.807) is 7.11 Å². The van der Waals surface area contributed by atoms with Crippen LogP contribution < -0.4 is 10.5 Å². The summed E-state index contributed by atoms with van der Waals surface area (Å²) in [5, 5.41) is 0. The van der Waals surface area contributed by atoms with Crippen LogP contribution >= 0.6 is 12.2 Å². The predicted octanol–water partition coefficient (Wildman–Crippen LogP) is 2.23. The number of likely N-dealkylation sites (N-methyl/N-ethyl adjacent to an activating group) is 1. The molecule has 0 aliphatic rings. The average Bonchev–Trinajstić information content (AvgIpc) is 2.36. The fourth-order valence-corrected chi connectivity index (χ4v) is 1.94. The molecule has 0 saturated heterocycles. The van der Waals surface area contributed by atoms with Crippen LogP contribution in [0.5, 0.6) is 5.75 Å². The summed E-state index contributed by atoms with van der Waals surface area (Å²) >= 11 is 4.90. The Morgan fingerprint density at radius 3 is 2.72 bits per heavy atom. The number of nitrogens with zero attached hydrogens (tertiary/aromatic N) is 1. The van der Waals surface area contributed by atoms with Crippen LogP contribution in [0.2, 0.25) is 0 Å². The van der Waals surface area contributed by atoms with E-state index in [-0.39, 0.29) is 0 Å². The minimum absolute atomic E-state index is 0.427. The molecule has 0 heterocycles. The van der Waals surface area contributed by atoms with Gasteiger partial charge in [0.05, 0.1) is 12.1 Å². The van der Waals surface area contributed by atoms with Crippen molar-refractivity contribution in [3.63, 3.8) is 0 Å². The molecule has 0 radical (unpaired) electrons. The van der Waals surface area contributed by atoms with Crippen molar-refractivity contribution >= 4 is 17.2 Å². The third kappa shape index (κ3) is 4.63. The highest BCUT2D eigenvalue weighted by Gasteiger charge is 2.12. The molecule has 100 valence electrons. The zero-order valence-corrected chi connectivity index (χ0v) is 12.2. The number of methoxy groups -OCH3 is 1. The Bertz CT molecular complexity index is 395. The van der Waals surface area contributed by atoms with E-state index in [0.29, 0.717) is 11.0 Å². The van der Waals surface area contributed by atoms with Crippen LogP contribution in [0.3, 0.4) is 0 Å². The van der Waals surface area contributed by atoms with Crippen molar-refractivity contribution < 1.29 is 4.74 Å². The van der Waals surface area contributed by atoms with Gasteiger partial charge in [-0.15, -0.1) is 0 Å². The Hall–Kier alpha value is -1.13. The van der Waals surface area contributed by atoms with Gasteiger partial charge in [0.15, 0.2) is 0 Å². The molecule has 0 aliphatic heterocycles. The monoisotopic (exact) mass is 266 g/mol. The fourth-order valence-electron chi connectivity index (χ4n) is 1.85. The van der Waals surface area contributed by atoms with E-state index >= 15 is 0 Å². The van der Waals surface area contributed by atoms with E-state index in [2.05, 4.69) is 24.9 Å². The second-order valence-corrected chi connectivity index (χ2v) is 5.09. The van der Waals surface area contributed by atoms with Crippen LogP contribution in [-0.2, 0) is 6.42 Å². The zero-order valence-electron chi connectivity index (χ0n) is 11.3. The Morgan fingerprint density at radius 2 is 2.11 bits per heavy atom. The van der Waals surface area contributed by atoms with Gasteiger partial charge >= 0.3 is 0 Å². The minimum atomic E-state index is 0.427. The molecule has 1 aromatic rings. The lowest BCUT2D eigenvalue weighted by molar-refractivity contribution is 0.261. The van der Waals surface area contributed by atoms with Crippen LogP contribution in [0.25, 0.3) is 0 Å². The molecule has 0 bridgehead atoms. The van der Waals surface area contributed by atoms with Crippen molar-refractivity contribution in [3.05, 3.63) is 29.8 Å². The van der Waals surface area contributed by atoms with E-state index in [4.69, 9.17) is 22.7 Å². The zero-order chi connectivity index (χ0) is 13.5. The van der Waals surface area contributed by atoms with Crippen LogP contribution in [0.1, 0.15) is 18.9 Å². The summed E-state index contributed by atoms with van der Waals surface area (Å²) in [6, 6.07) is 8.56. The van der Waals surface area contributed by atoms with Crippen molar-refractivity contribution in [2.45, 2.75) is 25.8 Å². The van der Waals surface area contributed by atoms with Crippen molar-refractivity contribution in [1.29, 1.82) is 0 Å². The van der Waals surface area contributed by atoms with Crippen molar-refractivity contribution in [2.75, 3.05) is 20.7 Å². The highest BCUT2D eigenvalue weighted by molar-refractivity contribution is 7.80. The van der Waals surface area contributed by atoms with Crippen LogP contribution in [0.15, 0.2) is 24.3 Å². The smallest absolute Gasteiger partial charge is 0.122 e. The number of para-hydroxylation sites is 1. The summed E-state index contributed by atoms with van der Waals surface area (Å²) in [6.07, 6.45) is 1.72. The lowest BCUT2D eigenvalue weighted by atomic mass is 10.1. The first-order chi connectivity index (χ1) is 8.54. The molecule has 4 heteroatoms. The SMILES string of the molecule is COc1ccccc1CC(C)N(C)CCC(N)=S. The Labute approximate surface area is 115 Å². The third-order valence-corrected chi connectivity index (χ3v) is 3.38. The van der Waals surface area contributed by atoms with E-state index in [1.807, 2.05) is 18.2 Å². The summed E-state index contributed by atoms with van der Waals surface area (Å²) < 4.78 is 5.36. The minimum Gasteiger partial charge on any atom is -0.496 e. The number of rotatable bonds is 7.